The molecule has 0 spiro atoms. The molecule has 0 N–H and O–H groups in total. The summed E-state index contributed by atoms with van der Waals surface area (Å²) in [5.41, 5.74) is 0. The van der Waals surface area contributed by atoms with Crippen LogP contribution in [0.25, 0.3) is 10.7 Å². The van der Waals surface area contributed by atoms with Gasteiger partial charge >= 0.3 is 0 Å². The second kappa shape index (κ2) is 4.19. The Morgan fingerprint density at radius 2 is 2.42 bits per heavy atom. The van der Waals surface area contributed by atoms with E-state index in [1.165, 1.54) is 0 Å². The van der Waals surface area contributed by atoms with Crippen molar-refractivity contribution in [2.24, 2.45) is 0 Å². The Kier molecular flexibility index (Phi) is 2.47. The Morgan fingerprint density at radius 3 is 3.26 bits per heavy atom. The molecule has 0 amide bonds. The van der Waals surface area contributed by atoms with Gasteiger partial charge in [0, 0.05) is 6.42 Å². The maximum atomic E-state index is 11.8. The van der Waals surface area contributed by atoms with Crippen LogP contribution >= 0.6 is 11.3 Å². The van der Waals surface area contributed by atoms with E-state index in [-0.39, 0.29) is 17.9 Å². The number of carbonyl (C=O) groups is 1. The van der Waals surface area contributed by atoms with Gasteiger partial charge < -0.3 is 9.47 Å². The minimum atomic E-state index is -0.692. The van der Waals surface area contributed by atoms with E-state index >= 15 is 0 Å². The molecule has 4 heterocycles. The summed E-state index contributed by atoms with van der Waals surface area (Å²) in [7, 11) is 0. The summed E-state index contributed by atoms with van der Waals surface area (Å²) in [5, 5.41) is 13.8. The lowest BCUT2D eigenvalue weighted by Gasteiger charge is -2.26. The van der Waals surface area contributed by atoms with Crippen LogP contribution in [0.3, 0.4) is 0 Å². The zero-order valence-electron chi connectivity index (χ0n) is 9.80. The molecular weight excluding hydrogens is 268 g/mol. The van der Waals surface area contributed by atoms with Crippen molar-refractivity contribution in [1.82, 2.24) is 20.2 Å². The number of tetrazole rings is 1. The highest BCUT2D eigenvalue weighted by Crippen LogP contribution is 2.35. The molecule has 0 aromatic carbocycles. The van der Waals surface area contributed by atoms with Crippen LogP contribution in [0.2, 0.25) is 0 Å². The van der Waals surface area contributed by atoms with E-state index in [0.717, 1.165) is 4.88 Å². The van der Waals surface area contributed by atoms with Crippen LogP contribution in [0.15, 0.2) is 17.5 Å². The van der Waals surface area contributed by atoms with Crippen molar-refractivity contribution in [3.8, 4) is 10.7 Å². The van der Waals surface area contributed by atoms with Gasteiger partial charge in [0.1, 0.15) is 6.10 Å². The smallest absolute Gasteiger partial charge is 0.218 e. The van der Waals surface area contributed by atoms with Crippen molar-refractivity contribution in [3.05, 3.63) is 17.5 Å². The van der Waals surface area contributed by atoms with Crippen molar-refractivity contribution in [2.75, 3.05) is 6.61 Å². The van der Waals surface area contributed by atoms with Crippen LogP contribution in [0.5, 0.6) is 0 Å². The third kappa shape index (κ3) is 1.71. The quantitative estimate of drug-likeness (QED) is 0.802. The lowest BCUT2D eigenvalue weighted by Crippen LogP contribution is -2.37. The van der Waals surface area contributed by atoms with Gasteiger partial charge in [-0.15, -0.1) is 16.4 Å². The third-order valence-electron chi connectivity index (χ3n) is 3.36. The van der Waals surface area contributed by atoms with Gasteiger partial charge in [0.2, 0.25) is 6.29 Å². The molecule has 2 fully saturated rings. The number of carbonyl (C=O) groups excluding carboxylic acids is 1. The van der Waals surface area contributed by atoms with Crippen molar-refractivity contribution in [3.63, 3.8) is 0 Å². The first kappa shape index (κ1) is 11.2. The summed E-state index contributed by atoms with van der Waals surface area (Å²) < 4.78 is 12.5. The Balaban J connectivity index is 1.73. The number of hydrogen-bond donors (Lipinski definition) is 0. The van der Waals surface area contributed by atoms with Crippen LogP contribution in [0.1, 0.15) is 12.5 Å². The minimum Gasteiger partial charge on any atom is -0.343 e. The van der Waals surface area contributed by atoms with Gasteiger partial charge in [-0.25, -0.2) is 4.68 Å². The standard InChI is InChI=1S/C11H10N4O3S/c16-7-4-6(8-5-17-11(7)18-8)15-10(12-13-14-15)9-2-1-3-19-9/h1-3,6,8,11H,4-5H2/t6-,8-,11-/m0/s1. The average molecular weight is 278 g/mol. The fourth-order valence-electron chi connectivity index (χ4n) is 2.45. The first-order valence-corrected chi connectivity index (χ1v) is 6.82. The van der Waals surface area contributed by atoms with Crippen molar-refractivity contribution < 1.29 is 14.3 Å². The normalized spacial score (nSPS) is 29.9. The number of rotatable bonds is 2. The van der Waals surface area contributed by atoms with Crippen molar-refractivity contribution in [1.29, 1.82) is 0 Å². The zero-order valence-corrected chi connectivity index (χ0v) is 10.6. The topological polar surface area (TPSA) is 79.1 Å². The van der Waals surface area contributed by atoms with Gasteiger partial charge in [-0.1, -0.05) is 6.07 Å². The monoisotopic (exact) mass is 278 g/mol. The van der Waals surface area contributed by atoms with E-state index in [4.69, 9.17) is 9.47 Å². The van der Waals surface area contributed by atoms with E-state index in [1.807, 2.05) is 17.5 Å². The maximum Gasteiger partial charge on any atom is 0.218 e. The van der Waals surface area contributed by atoms with E-state index < -0.39 is 6.29 Å². The zero-order chi connectivity index (χ0) is 12.8. The Morgan fingerprint density at radius 1 is 1.47 bits per heavy atom. The Bertz CT molecular complexity index is 611. The van der Waals surface area contributed by atoms with Gasteiger partial charge in [-0.05, 0) is 21.9 Å². The van der Waals surface area contributed by atoms with Gasteiger partial charge in [-0.3, -0.25) is 4.79 Å². The molecule has 0 saturated carbocycles. The number of hydrogen-bond acceptors (Lipinski definition) is 7. The molecule has 8 heteroatoms. The molecule has 7 nitrogen and oxygen atoms in total. The summed E-state index contributed by atoms with van der Waals surface area (Å²) in [6.07, 6.45) is -0.508. The predicted octanol–water partition coefficient (Wildman–Crippen LogP) is 0.657. The molecule has 4 rings (SSSR count). The fraction of sp³-hybridized carbons (Fsp3) is 0.455. The summed E-state index contributed by atoms with van der Waals surface area (Å²) in [5.74, 6) is 0.619. The molecule has 19 heavy (non-hydrogen) atoms. The summed E-state index contributed by atoms with van der Waals surface area (Å²) >= 11 is 1.56. The minimum absolute atomic E-state index is 0.0496. The number of fused-ring (bicyclic) bond motifs is 2. The van der Waals surface area contributed by atoms with Crippen LogP contribution in [0.4, 0.5) is 0 Å². The predicted molar refractivity (Wildman–Crippen MR) is 64.4 cm³/mol. The molecule has 98 valence electrons. The Labute approximate surface area is 112 Å². The van der Waals surface area contributed by atoms with E-state index in [0.29, 0.717) is 18.9 Å². The highest BCUT2D eigenvalue weighted by Gasteiger charge is 2.45. The number of ketones is 1. The van der Waals surface area contributed by atoms with E-state index in [2.05, 4.69) is 15.5 Å². The lowest BCUT2D eigenvalue weighted by atomic mass is 10.0. The molecule has 2 aromatic rings. The van der Waals surface area contributed by atoms with Crippen LogP contribution in [-0.4, -0.2) is 45.0 Å². The molecule has 0 radical (unpaired) electrons. The highest BCUT2D eigenvalue weighted by atomic mass is 32.1. The second-order valence-corrected chi connectivity index (χ2v) is 5.45. The average Bonchev–Trinajstić information content (AvgIpc) is 3.14. The first-order chi connectivity index (χ1) is 9.33. The van der Waals surface area contributed by atoms with Gasteiger partial charge in [0.15, 0.2) is 11.6 Å². The summed E-state index contributed by atoms with van der Waals surface area (Å²) in [4.78, 5) is 12.8. The van der Waals surface area contributed by atoms with E-state index in [9.17, 15) is 4.79 Å². The SMILES string of the molecule is O=C1C[C@H](n2nnnc2-c2cccs2)[C@@H]2CO[C@H]1O2. The number of aromatic nitrogens is 4. The fourth-order valence-corrected chi connectivity index (χ4v) is 3.15. The van der Waals surface area contributed by atoms with Gasteiger partial charge in [-0.2, -0.15) is 0 Å². The maximum absolute atomic E-state index is 11.8. The Hall–Kier alpha value is -1.64. The van der Waals surface area contributed by atoms with Crippen LogP contribution in [0, 0.1) is 0 Å². The summed E-state index contributed by atoms with van der Waals surface area (Å²) in [6.45, 7) is 0.408. The first-order valence-electron chi connectivity index (χ1n) is 5.94. The largest absolute Gasteiger partial charge is 0.343 e. The van der Waals surface area contributed by atoms with Crippen LogP contribution in [-0.2, 0) is 14.3 Å². The molecule has 0 aliphatic carbocycles. The molecular formula is C11H10N4O3S. The molecule has 2 aromatic heterocycles. The molecule has 2 saturated heterocycles. The number of nitrogens with zero attached hydrogens (tertiary/aromatic N) is 4. The molecule has 3 atom stereocenters. The number of ether oxygens (including phenoxy) is 2. The van der Waals surface area contributed by atoms with Crippen LogP contribution < -0.4 is 0 Å². The lowest BCUT2D eigenvalue weighted by molar-refractivity contribution is -0.156. The number of thiophene rings is 1. The highest BCUT2D eigenvalue weighted by molar-refractivity contribution is 7.13. The molecule has 0 unspecified atom stereocenters. The van der Waals surface area contributed by atoms with Crippen molar-refractivity contribution >= 4 is 17.1 Å². The second-order valence-electron chi connectivity index (χ2n) is 4.50. The third-order valence-corrected chi connectivity index (χ3v) is 4.23. The van der Waals surface area contributed by atoms with Gasteiger partial charge in [0.25, 0.3) is 0 Å². The molecule has 2 aliphatic heterocycles. The summed E-state index contributed by atoms with van der Waals surface area (Å²) in [6, 6.07) is 3.70. The molecule has 2 bridgehead atoms. The van der Waals surface area contributed by atoms with E-state index in [1.54, 1.807) is 16.0 Å². The molecule has 2 aliphatic rings. The number of Topliss-reactive ketones (excluding diaryl/α,β-unsaturated/α-hetero) is 1. The van der Waals surface area contributed by atoms with Crippen molar-refractivity contribution in [2.45, 2.75) is 24.9 Å². The van der Waals surface area contributed by atoms with Gasteiger partial charge in [0.05, 0.1) is 17.5 Å².